The summed E-state index contributed by atoms with van der Waals surface area (Å²) in [4.78, 5) is 16.4. The van der Waals surface area contributed by atoms with E-state index in [1.54, 1.807) is 0 Å². The number of fused-ring (bicyclic) bond motifs is 1. The lowest BCUT2D eigenvalue weighted by atomic mass is 9.94. The second-order valence-corrected chi connectivity index (χ2v) is 13.9. The van der Waals surface area contributed by atoms with Gasteiger partial charge in [0.15, 0.2) is 21.3 Å². The van der Waals surface area contributed by atoms with Crippen LogP contribution in [0.4, 0.5) is 0 Å². The Labute approximate surface area is 220 Å². The second kappa shape index (κ2) is 9.19. The van der Waals surface area contributed by atoms with Gasteiger partial charge in [-0.25, -0.2) is 8.98 Å². The molecule has 6 rings (SSSR count). The maximum atomic E-state index is 12.8. The molecule has 0 spiro atoms. The van der Waals surface area contributed by atoms with Crippen molar-refractivity contribution in [2.45, 2.75) is 58.8 Å². The van der Waals surface area contributed by atoms with Crippen LogP contribution >= 0.6 is 0 Å². The fraction of sp³-hybridized carbons (Fsp3) is 0.345. The number of rotatable bonds is 7. The number of hydrogen-bond donors (Lipinski definition) is 0. The zero-order chi connectivity index (χ0) is 25.8. The highest BCUT2D eigenvalue weighted by Gasteiger charge is 2.70. The van der Waals surface area contributed by atoms with Crippen LogP contribution in [0.25, 0.3) is 0 Å². The average Bonchev–Trinajstić information content (AvgIpc) is 3.46. The minimum absolute atomic E-state index is 0.223. The van der Waals surface area contributed by atoms with Gasteiger partial charge in [0.25, 0.3) is 10.1 Å². The predicted octanol–water partition coefficient (Wildman–Crippen LogP) is 5.18. The van der Waals surface area contributed by atoms with Crippen LogP contribution in [-0.4, -0.2) is 32.0 Å². The number of esters is 1. The second-order valence-electron chi connectivity index (χ2n) is 10.2. The van der Waals surface area contributed by atoms with Crippen molar-refractivity contribution < 1.29 is 26.9 Å². The van der Waals surface area contributed by atoms with Crippen molar-refractivity contribution in [2.24, 2.45) is 11.8 Å². The first-order chi connectivity index (χ1) is 17.8. The molecule has 0 radical (unpaired) electrons. The Hall–Kier alpha value is -2.81. The van der Waals surface area contributed by atoms with Gasteiger partial charge in [-0.1, -0.05) is 36.4 Å². The Morgan fingerprint density at radius 2 is 1.54 bits per heavy atom. The van der Waals surface area contributed by atoms with Crippen LogP contribution in [0.3, 0.4) is 0 Å². The zero-order valence-electron chi connectivity index (χ0n) is 20.8. The van der Waals surface area contributed by atoms with Crippen molar-refractivity contribution in [2.75, 3.05) is 6.61 Å². The fourth-order valence-corrected chi connectivity index (χ4v) is 10.5. The Morgan fingerprint density at radius 3 is 2.11 bits per heavy atom. The molecule has 2 saturated carbocycles. The highest BCUT2D eigenvalue weighted by molar-refractivity contribution is 7.97. The molecule has 1 heterocycles. The van der Waals surface area contributed by atoms with Crippen molar-refractivity contribution in [3.8, 4) is 5.75 Å². The number of carbonyl (C=O) groups is 1. The third-order valence-corrected chi connectivity index (χ3v) is 11.6. The summed E-state index contributed by atoms with van der Waals surface area (Å²) in [7, 11) is -3.98. The molecule has 3 aromatic rings. The Bertz CT molecular complexity index is 1380. The Balaban J connectivity index is 1.21. The molecule has 0 amide bonds. The van der Waals surface area contributed by atoms with Crippen LogP contribution in [-0.2, 0) is 34.7 Å². The van der Waals surface area contributed by atoms with Gasteiger partial charge >= 0.3 is 5.97 Å². The monoisotopic (exact) mass is 537 g/mol. The highest BCUT2D eigenvalue weighted by atomic mass is 32.2. The van der Waals surface area contributed by atoms with E-state index in [4.69, 9.17) is 13.7 Å². The smallest absolute Gasteiger partial charge is 0.346 e. The molecule has 2 aliphatic carbocycles. The molecule has 3 aromatic carbocycles. The molecule has 4 unspecified atom stereocenters. The molecule has 3 aliphatic rings. The molecule has 3 fully saturated rings. The number of carbonyl (C=O) groups excluding carboxylic acids is 1. The average molecular weight is 538 g/mol. The van der Waals surface area contributed by atoms with Gasteiger partial charge in [-0.3, -0.25) is 0 Å². The van der Waals surface area contributed by atoms with Crippen LogP contribution in [0, 0.1) is 25.7 Å². The van der Waals surface area contributed by atoms with E-state index in [9.17, 15) is 13.2 Å². The minimum Gasteiger partial charge on any atom is -0.481 e. The maximum absolute atomic E-state index is 12.8. The number of benzene rings is 3. The first-order valence-electron chi connectivity index (χ1n) is 12.5. The van der Waals surface area contributed by atoms with Gasteiger partial charge in [0.2, 0.25) is 5.79 Å². The molecule has 0 aromatic heterocycles. The zero-order valence-corrected chi connectivity index (χ0v) is 22.4. The normalized spacial score (nSPS) is 26.9. The van der Waals surface area contributed by atoms with E-state index in [2.05, 4.69) is 60.7 Å². The molecule has 1 aliphatic heterocycles. The SMILES string of the molecule is Cc1cc([S+](c2ccccc2)c2ccccc2)cc(C)c1OCC(=O)OC12CC3CC1C(C3)S(=O)(=O)O2. The van der Waals surface area contributed by atoms with Crippen LogP contribution in [0.2, 0.25) is 0 Å². The summed E-state index contributed by atoms with van der Waals surface area (Å²) in [5.74, 6) is -1.38. The van der Waals surface area contributed by atoms with Crippen molar-refractivity contribution in [1.29, 1.82) is 0 Å². The number of hydrogen-bond acceptors (Lipinski definition) is 6. The van der Waals surface area contributed by atoms with Crippen LogP contribution in [0.1, 0.15) is 30.4 Å². The van der Waals surface area contributed by atoms with Gasteiger partial charge in [0.05, 0.1) is 16.1 Å². The van der Waals surface area contributed by atoms with Gasteiger partial charge in [0.1, 0.15) is 5.75 Å². The van der Waals surface area contributed by atoms with Gasteiger partial charge < -0.3 is 9.47 Å². The summed E-state index contributed by atoms with van der Waals surface area (Å²) in [5.41, 5.74) is 1.84. The van der Waals surface area contributed by atoms with Gasteiger partial charge in [-0.15, -0.1) is 0 Å². The predicted molar refractivity (Wildman–Crippen MR) is 140 cm³/mol. The fourth-order valence-electron chi connectivity index (χ4n) is 6.22. The van der Waals surface area contributed by atoms with E-state index >= 15 is 0 Å². The summed E-state index contributed by atoms with van der Waals surface area (Å²) in [5, 5.41) is -0.556. The summed E-state index contributed by atoms with van der Waals surface area (Å²) in [6.45, 7) is 3.64. The molecule has 6 nitrogen and oxygen atoms in total. The first-order valence-corrected chi connectivity index (χ1v) is 15.2. The topological polar surface area (TPSA) is 78.9 Å². The molecule has 1 saturated heterocycles. The standard InChI is InChI=1S/C29H29O6S2/c1-19-13-24(36(22-9-5-3-6-10-22)23-11-7-4-8-12-23)14-20(2)28(19)33-18-27(30)34-29-17-21-15-25(29)26(16-21)37(31,32)35-29/h3-14,21,25-26H,15-18H2,1-2H3/q+1. The van der Waals surface area contributed by atoms with Crippen LogP contribution in [0.15, 0.2) is 87.5 Å². The molecule has 4 atom stereocenters. The summed E-state index contributed by atoms with van der Waals surface area (Å²) in [6, 6.07) is 25.1. The van der Waals surface area contributed by atoms with Crippen molar-refractivity contribution in [1.82, 2.24) is 0 Å². The molecule has 2 bridgehead atoms. The lowest BCUT2D eigenvalue weighted by Crippen LogP contribution is -2.41. The van der Waals surface area contributed by atoms with E-state index in [-0.39, 0.29) is 29.3 Å². The van der Waals surface area contributed by atoms with Gasteiger partial charge in [-0.05, 0) is 68.0 Å². The maximum Gasteiger partial charge on any atom is 0.346 e. The molecular formula is C29H29O6S2+. The minimum atomic E-state index is -3.69. The lowest BCUT2D eigenvalue weighted by molar-refractivity contribution is -0.205. The van der Waals surface area contributed by atoms with Gasteiger partial charge in [-0.2, -0.15) is 8.42 Å². The number of aryl methyl sites for hydroxylation is 2. The summed E-state index contributed by atoms with van der Waals surface area (Å²) < 4.78 is 41.8. The lowest BCUT2D eigenvalue weighted by Gasteiger charge is -2.29. The van der Waals surface area contributed by atoms with Crippen LogP contribution < -0.4 is 4.74 Å². The molecule has 8 heteroatoms. The van der Waals surface area contributed by atoms with E-state index in [1.807, 2.05) is 26.0 Å². The molecular weight excluding hydrogens is 508 g/mol. The molecule has 37 heavy (non-hydrogen) atoms. The van der Waals surface area contributed by atoms with E-state index in [0.717, 1.165) is 17.5 Å². The van der Waals surface area contributed by atoms with E-state index in [0.29, 0.717) is 18.6 Å². The van der Waals surface area contributed by atoms with Crippen molar-refractivity contribution in [3.05, 3.63) is 83.9 Å². The molecule has 0 N–H and O–H groups in total. The van der Waals surface area contributed by atoms with Gasteiger partial charge in [0, 0.05) is 24.5 Å². The largest absolute Gasteiger partial charge is 0.481 e. The third-order valence-electron chi connectivity index (χ3n) is 7.62. The Kier molecular flexibility index (Phi) is 6.09. The number of ether oxygens (including phenoxy) is 2. The first kappa shape index (κ1) is 24.5. The van der Waals surface area contributed by atoms with Crippen molar-refractivity contribution >= 4 is 27.0 Å². The van der Waals surface area contributed by atoms with E-state index in [1.165, 1.54) is 14.7 Å². The summed E-state index contributed by atoms with van der Waals surface area (Å²) in [6.07, 6.45) is 1.76. The third kappa shape index (κ3) is 4.35. The summed E-state index contributed by atoms with van der Waals surface area (Å²) >= 11 is 0. The van der Waals surface area contributed by atoms with E-state index < -0.39 is 27.1 Å². The van der Waals surface area contributed by atoms with Crippen molar-refractivity contribution in [3.63, 3.8) is 0 Å². The quantitative estimate of drug-likeness (QED) is 0.235. The highest BCUT2D eigenvalue weighted by Crippen LogP contribution is 2.60. The molecule has 192 valence electrons. The van der Waals surface area contributed by atoms with Crippen LogP contribution in [0.5, 0.6) is 5.75 Å². The Morgan fingerprint density at radius 1 is 0.946 bits per heavy atom.